The topological polar surface area (TPSA) is 15.6 Å². The van der Waals surface area contributed by atoms with Gasteiger partial charge in [-0.3, -0.25) is 4.99 Å². The van der Waals surface area contributed by atoms with Crippen LogP contribution in [-0.2, 0) is 0 Å². The van der Waals surface area contributed by atoms with Crippen molar-refractivity contribution in [1.29, 1.82) is 0 Å². The van der Waals surface area contributed by atoms with E-state index in [-0.39, 0.29) is 0 Å². The third kappa shape index (κ3) is 3.02. The van der Waals surface area contributed by atoms with Gasteiger partial charge in [-0.1, -0.05) is 35.9 Å². The van der Waals surface area contributed by atoms with Crippen LogP contribution in [0, 0.1) is 0 Å². The Morgan fingerprint density at radius 3 is 2.35 bits per heavy atom. The van der Waals surface area contributed by atoms with Crippen LogP contribution < -0.4 is 4.90 Å². The Morgan fingerprint density at radius 1 is 0.950 bits per heavy atom. The normalized spacial score (nSPS) is 15.2. The first-order valence-corrected chi connectivity index (χ1v) is 7.34. The summed E-state index contributed by atoms with van der Waals surface area (Å²) in [5.41, 5.74) is 3.20. The Hall–Kier alpha value is -1.80. The molecule has 102 valence electrons. The first kappa shape index (κ1) is 13.2. The molecule has 0 aliphatic carbocycles. The molecule has 0 saturated carbocycles. The Morgan fingerprint density at radius 2 is 1.65 bits per heavy atom. The Balaban J connectivity index is 1.73. The summed E-state index contributed by atoms with van der Waals surface area (Å²) in [5, 5.41) is 0.678. The third-order valence-electron chi connectivity index (χ3n) is 3.57. The van der Waals surface area contributed by atoms with Crippen molar-refractivity contribution in [2.75, 3.05) is 18.0 Å². The number of halogens is 1. The summed E-state index contributed by atoms with van der Waals surface area (Å²) in [6, 6.07) is 16.2. The van der Waals surface area contributed by atoms with Gasteiger partial charge in [0.15, 0.2) is 0 Å². The molecule has 1 aliphatic rings. The summed E-state index contributed by atoms with van der Waals surface area (Å²) in [7, 11) is 0. The number of benzene rings is 2. The van der Waals surface area contributed by atoms with Crippen LogP contribution in [0.4, 0.5) is 11.4 Å². The van der Waals surface area contributed by atoms with E-state index < -0.39 is 0 Å². The van der Waals surface area contributed by atoms with Gasteiger partial charge in [0.25, 0.3) is 0 Å². The maximum atomic E-state index is 6.08. The molecular formula is C17H17ClN2. The van der Waals surface area contributed by atoms with Crippen LogP contribution in [-0.4, -0.2) is 19.3 Å². The summed E-state index contributed by atoms with van der Waals surface area (Å²) in [6.45, 7) is 2.35. The lowest BCUT2D eigenvalue weighted by molar-refractivity contribution is 0.949. The van der Waals surface area contributed by atoms with Gasteiger partial charge in [0, 0.05) is 25.0 Å². The molecule has 0 amide bonds. The SMILES string of the molecule is Clc1ccccc1N=Cc1ccc(N2CCCC2)cc1. The Labute approximate surface area is 124 Å². The summed E-state index contributed by atoms with van der Waals surface area (Å²) >= 11 is 6.08. The largest absolute Gasteiger partial charge is 0.372 e. The second-order valence-corrected chi connectivity index (χ2v) is 5.40. The van der Waals surface area contributed by atoms with Crippen molar-refractivity contribution in [2.24, 2.45) is 4.99 Å². The van der Waals surface area contributed by atoms with Crippen molar-refractivity contribution < 1.29 is 0 Å². The predicted octanol–water partition coefficient (Wildman–Crippen LogP) is 4.69. The molecule has 1 heterocycles. The van der Waals surface area contributed by atoms with Crippen LogP contribution in [0.3, 0.4) is 0 Å². The van der Waals surface area contributed by atoms with E-state index in [2.05, 4.69) is 34.2 Å². The van der Waals surface area contributed by atoms with Gasteiger partial charge in [-0.25, -0.2) is 0 Å². The minimum absolute atomic E-state index is 0.678. The number of hydrogen-bond acceptors (Lipinski definition) is 2. The number of anilines is 1. The van der Waals surface area contributed by atoms with Gasteiger partial charge in [-0.2, -0.15) is 0 Å². The van der Waals surface area contributed by atoms with Gasteiger partial charge < -0.3 is 4.90 Å². The van der Waals surface area contributed by atoms with E-state index >= 15 is 0 Å². The van der Waals surface area contributed by atoms with Crippen LogP contribution in [0.25, 0.3) is 0 Å². The highest BCUT2D eigenvalue weighted by atomic mass is 35.5. The van der Waals surface area contributed by atoms with Gasteiger partial charge in [-0.15, -0.1) is 0 Å². The summed E-state index contributed by atoms with van der Waals surface area (Å²) in [5.74, 6) is 0. The molecule has 0 atom stereocenters. The number of hydrogen-bond donors (Lipinski definition) is 0. The van der Waals surface area contributed by atoms with Crippen LogP contribution in [0.15, 0.2) is 53.5 Å². The van der Waals surface area contributed by atoms with Crippen LogP contribution in [0.1, 0.15) is 18.4 Å². The number of aliphatic imine (C=N–C) groups is 1. The Kier molecular flexibility index (Phi) is 4.03. The monoisotopic (exact) mass is 284 g/mol. The van der Waals surface area contributed by atoms with E-state index in [9.17, 15) is 0 Å². The highest BCUT2D eigenvalue weighted by Gasteiger charge is 2.11. The van der Waals surface area contributed by atoms with E-state index in [1.807, 2.05) is 30.5 Å². The van der Waals surface area contributed by atoms with Crippen LogP contribution in [0.2, 0.25) is 5.02 Å². The molecule has 1 fully saturated rings. The van der Waals surface area contributed by atoms with Crippen molar-refractivity contribution in [3.05, 3.63) is 59.1 Å². The van der Waals surface area contributed by atoms with Crippen LogP contribution >= 0.6 is 11.6 Å². The Bertz CT molecular complexity index is 599. The van der Waals surface area contributed by atoms with Gasteiger partial charge in [0.1, 0.15) is 0 Å². The third-order valence-corrected chi connectivity index (χ3v) is 3.89. The lowest BCUT2D eigenvalue weighted by Crippen LogP contribution is -2.17. The van der Waals surface area contributed by atoms with Crippen molar-refractivity contribution in [2.45, 2.75) is 12.8 Å². The second-order valence-electron chi connectivity index (χ2n) is 5.00. The van der Waals surface area contributed by atoms with Crippen LogP contribution in [0.5, 0.6) is 0 Å². The molecule has 3 rings (SSSR count). The number of para-hydroxylation sites is 1. The molecule has 2 aromatic carbocycles. The van der Waals surface area contributed by atoms with E-state index in [1.165, 1.54) is 31.6 Å². The fraction of sp³-hybridized carbons (Fsp3) is 0.235. The molecule has 0 N–H and O–H groups in total. The van der Waals surface area contributed by atoms with Gasteiger partial charge in [0.05, 0.1) is 10.7 Å². The smallest absolute Gasteiger partial charge is 0.0816 e. The van der Waals surface area contributed by atoms with Gasteiger partial charge in [-0.05, 0) is 42.7 Å². The van der Waals surface area contributed by atoms with Gasteiger partial charge >= 0.3 is 0 Å². The average molecular weight is 285 g/mol. The standard InChI is InChI=1S/C17H17ClN2/c18-16-5-1-2-6-17(16)19-13-14-7-9-15(10-8-14)20-11-3-4-12-20/h1-2,5-10,13H,3-4,11-12H2. The number of rotatable bonds is 3. The van der Waals surface area contributed by atoms with E-state index in [0.29, 0.717) is 5.02 Å². The summed E-state index contributed by atoms with van der Waals surface area (Å²) in [6.07, 6.45) is 4.46. The maximum absolute atomic E-state index is 6.08. The second kappa shape index (κ2) is 6.10. The van der Waals surface area contributed by atoms with Crippen molar-refractivity contribution >= 4 is 29.2 Å². The molecule has 0 unspecified atom stereocenters. The van der Waals surface area contributed by atoms with Crippen molar-refractivity contribution in [3.63, 3.8) is 0 Å². The van der Waals surface area contributed by atoms with Crippen molar-refractivity contribution in [3.8, 4) is 0 Å². The molecule has 1 saturated heterocycles. The van der Waals surface area contributed by atoms with Gasteiger partial charge in [0.2, 0.25) is 0 Å². The quantitative estimate of drug-likeness (QED) is 0.747. The highest BCUT2D eigenvalue weighted by Crippen LogP contribution is 2.24. The minimum atomic E-state index is 0.678. The lowest BCUT2D eigenvalue weighted by Gasteiger charge is -2.17. The zero-order valence-corrected chi connectivity index (χ0v) is 12.1. The molecule has 0 aromatic heterocycles. The maximum Gasteiger partial charge on any atom is 0.0816 e. The molecular weight excluding hydrogens is 268 g/mol. The molecule has 2 aromatic rings. The molecule has 2 nitrogen and oxygen atoms in total. The molecule has 20 heavy (non-hydrogen) atoms. The zero-order chi connectivity index (χ0) is 13.8. The number of nitrogens with zero attached hydrogens (tertiary/aromatic N) is 2. The summed E-state index contributed by atoms with van der Waals surface area (Å²) < 4.78 is 0. The van der Waals surface area contributed by atoms with E-state index in [0.717, 1.165) is 11.3 Å². The molecule has 0 radical (unpaired) electrons. The van der Waals surface area contributed by atoms with E-state index in [1.54, 1.807) is 0 Å². The average Bonchev–Trinajstić information content (AvgIpc) is 3.01. The molecule has 1 aliphatic heterocycles. The first-order valence-electron chi connectivity index (χ1n) is 6.96. The lowest BCUT2D eigenvalue weighted by atomic mass is 10.2. The molecule has 3 heteroatoms. The minimum Gasteiger partial charge on any atom is -0.372 e. The molecule has 0 spiro atoms. The fourth-order valence-corrected chi connectivity index (χ4v) is 2.63. The fourth-order valence-electron chi connectivity index (χ4n) is 2.45. The van der Waals surface area contributed by atoms with Crippen molar-refractivity contribution in [1.82, 2.24) is 0 Å². The first-order chi connectivity index (χ1) is 9.83. The zero-order valence-electron chi connectivity index (χ0n) is 11.3. The highest BCUT2D eigenvalue weighted by molar-refractivity contribution is 6.33. The molecule has 0 bridgehead atoms. The predicted molar refractivity (Wildman–Crippen MR) is 86.6 cm³/mol. The van der Waals surface area contributed by atoms with E-state index in [4.69, 9.17) is 11.6 Å². The summed E-state index contributed by atoms with van der Waals surface area (Å²) in [4.78, 5) is 6.86.